The second kappa shape index (κ2) is 7.86. The number of amides is 1. The molecular weight excluding hydrogens is 366 g/mol. The number of rotatable bonds is 3. The highest BCUT2D eigenvalue weighted by Crippen LogP contribution is 2.40. The van der Waals surface area contributed by atoms with Crippen LogP contribution in [-0.2, 0) is 12.8 Å². The van der Waals surface area contributed by atoms with Gasteiger partial charge < -0.3 is 10.2 Å². The van der Waals surface area contributed by atoms with Crippen LogP contribution in [-0.4, -0.2) is 34.9 Å². The Morgan fingerprint density at radius 2 is 2.04 bits per heavy atom. The average Bonchev–Trinajstić information content (AvgIpc) is 3.11. The fraction of sp³-hybridized carbons (Fsp3) is 0.565. The highest BCUT2D eigenvalue weighted by atomic mass is 32.1. The van der Waals surface area contributed by atoms with Gasteiger partial charge in [0.1, 0.15) is 0 Å². The van der Waals surface area contributed by atoms with Gasteiger partial charge in [-0.1, -0.05) is 20.8 Å². The molecule has 0 spiro atoms. The maximum absolute atomic E-state index is 13.1. The van der Waals surface area contributed by atoms with E-state index in [0.717, 1.165) is 49.3 Å². The van der Waals surface area contributed by atoms with Crippen molar-refractivity contribution in [1.82, 2.24) is 9.88 Å². The predicted molar refractivity (Wildman–Crippen MR) is 116 cm³/mol. The molecule has 4 rings (SSSR count). The summed E-state index contributed by atoms with van der Waals surface area (Å²) in [5.74, 6) is 0.943. The van der Waals surface area contributed by atoms with Crippen molar-refractivity contribution in [3.8, 4) is 0 Å². The number of hydrogen-bond acceptors (Lipinski definition) is 4. The fourth-order valence-electron chi connectivity index (χ4n) is 4.43. The third-order valence-corrected chi connectivity index (χ3v) is 7.56. The van der Waals surface area contributed by atoms with Crippen molar-refractivity contribution in [2.45, 2.75) is 58.9 Å². The number of pyridine rings is 1. The Morgan fingerprint density at radius 3 is 2.71 bits per heavy atom. The average molecular weight is 398 g/mol. The van der Waals surface area contributed by atoms with Crippen molar-refractivity contribution in [2.24, 2.45) is 11.3 Å². The number of fused-ring (bicyclic) bond motifs is 1. The Hall–Kier alpha value is -1.88. The number of likely N-dealkylation sites (tertiary alicyclic amines) is 1. The van der Waals surface area contributed by atoms with E-state index in [4.69, 9.17) is 0 Å². The highest BCUT2D eigenvalue weighted by molar-refractivity contribution is 7.14. The molecule has 2 aromatic heterocycles. The van der Waals surface area contributed by atoms with Crippen LogP contribution in [0.2, 0.25) is 0 Å². The molecule has 1 fully saturated rings. The van der Waals surface area contributed by atoms with Crippen LogP contribution in [0.5, 0.6) is 0 Å². The first-order chi connectivity index (χ1) is 13.4. The van der Waals surface area contributed by atoms with E-state index in [1.165, 1.54) is 16.9 Å². The zero-order valence-electron chi connectivity index (χ0n) is 17.2. The third-order valence-electron chi connectivity index (χ3n) is 6.33. The number of aromatic nitrogens is 1. The summed E-state index contributed by atoms with van der Waals surface area (Å²) in [7, 11) is 0. The number of carbonyl (C=O) groups excluding carboxylic acids is 1. The Balaban J connectivity index is 1.35. The van der Waals surface area contributed by atoms with Crippen LogP contribution in [0.4, 0.5) is 5.69 Å². The first kappa shape index (κ1) is 19.4. The molecule has 0 unspecified atom stereocenters. The molecule has 2 aromatic rings. The van der Waals surface area contributed by atoms with Crippen molar-refractivity contribution in [3.63, 3.8) is 0 Å². The molecule has 0 aromatic carbocycles. The molecule has 0 bridgehead atoms. The van der Waals surface area contributed by atoms with Crippen LogP contribution in [0.3, 0.4) is 0 Å². The summed E-state index contributed by atoms with van der Waals surface area (Å²) in [5.41, 5.74) is 2.83. The van der Waals surface area contributed by atoms with Crippen molar-refractivity contribution < 1.29 is 4.79 Å². The van der Waals surface area contributed by atoms with Gasteiger partial charge in [0.15, 0.2) is 0 Å². The Kier molecular flexibility index (Phi) is 5.46. The second-order valence-corrected chi connectivity index (χ2v) is 10.5. The molecular formula is C23H31N3OS. The van der Waals surface area contributed by atoms with E-state index in [0.29, 0.717) is 17.4 Å². The monoisotopic (exact) mass is 397 g/mol. The number of nitrogens with one attached hydrogen (secondary N) is 1. The van der Waals surface area contributed by atoms with Gasteiger partial charge in [0.2, 0.25) is 0 Å². The summed E-state index contributed by atoms with van der Waals surface area (Å²) in [6, 6.07) is 6.60. The second-order valence-electron chi connectivity index (χ2n) is 9.32. The number of piperidine rings is 1. The van der Waals surface area contributed by atoms with Gasteiger partial charge in [0.25, 0.3) is 5.91 Å². The van der Waals surface area contributed by atoms with Crippen LogP contribution in [0.15, 0.2) is 30.6 Å². The molecule has 2 aliphatic rings. The lowest BCUT2D eigenvalue weighted by Crippen LogP contribution is -2.42. The molecule has 1 aliphatic heterocycles. The van der Waals surface area contributed by atoms with E-state index in [2.05, 4.69) is 37.1 Å². The highest BCUT2D eigenvalue weighted by Gasteiger charge is 2.31. The lowest BCUT2D eigenvalue weighted by molar-refractivity contribution is 0.0723. The van der Waals surface area contributed by atoms with Crippen LogP contribution < -0.4 is 5.32 Å². The van der Waals surface area contributed by atoms with Crippen LogP contribution in [0, 0.1) is 11.3 Å². The van der Waals surface area contributed by atoms with E-state index >= 15 is 0 Å². The van der Waals surface area contributed by atoms with Crippen molar-refractivity contribution >= 4 is 22.9 Å². The Labute approximate surface area is 172 Å². The maximum Gasteiger partial charge on any atom is 0.263 e. The van der Waals surface area contributed by atoms with Gasteiger partial charge in [-0.2, -0.15) is 0 Å². The smallest absolute Gasteiger partial charge is 0.263 e. The van der Waals surface area contributed by atoms with Gasteiger partial charge >= 0.3 is 0 Å². The third kappa shape index (κ3) is 4.24. The molecule has 150 valence electrons. The normalized spacial score (nSPS) is 20.7. The van der Waals surface area contributed by atoms with E-state index in [-0.39, 0.29) is 5.91 Å². The Morgan fingerprint density at radius 1 is 1.25 bits per heavy atom. The fourth-order valence-corrected chi connectivity index (χ4v) is 5.61. The van der Waals surface area contributed by atoms with Gasteiger partial charge in [-0.05, 0) is 67.2 Å². The summed E-state index contributed by atoms with van der Waals surface area (Å²) in [4.78, 5) is 21.7. The molecule has 5 heteroatoms. The molecule has 28 heavy (non-hydrogen) atoms. The van der Waals surface area contributed by atoms with Gasteiger partial charge in [0, 0.05) is 36.4 Å². The zero-order chi connectivity index (χ0) is 19.7. The van der Waals surface area contributed by atoms with Crippen LogP contribution >= 0.6 is 11.3 Å². The number of aryl methyl sites for hydroxylation is 1. The minimum absolute atomic E-state index is 0.228. The number of carbonyl (C=O) groups is 1. The molecule has 1 atom stereocenters. The summed E-state index contributed by atoms with van der Waals surface area (Å²) in [5, 5.41) is 3.54. The number of thiophene rings is 1. The summed E-state index contributed by atoms with van der Waals surface area (Å²) in [6.07, 6.45) is 9.12. The maximum atomic E-state index is 13.1. The topological polar surface area (TPSA) is 45.2 Å². The van der Waals surface area contributed by atoms with E-state index in [1.807, 2.05) is 23.2 Å². The molecule has 0 radical (unpaired) electrons. The number of nitrogens with zero attached hydrogens (tertiary/aromatic N) is 2. The van der Waals surface area contributed by atoms with Crippen LogP contribution in [0.1, 0.15) is 60.1 Å². The zero-order valence-corrected chi connectivity index (χ0v) is 18.0. The van der Waals surface area contributed by atoms with Crippen molar-refractivity contribution in [1.29, 1.82) is 0 Å². The van der Waals surface area contributed by atoms with E-state index in [1.54, 1.807) is 17.5 Å². The number of anilines is 1. The minimum atomic E-state index is 0.228. The van der Waals surface area contributed by atoms with Gasteiger partial charge in [-0.3, -0.25) is 9.78 Å². The quantitative estimate of drug-likeness (QED) is 0.792. The summed E-state index contributed by atoms with van der Waals surface area (Å²) < 4.78 is 0. The van der Waals surface area contributed by atoms with Gasteiger partial charge in [0.05, 0.1) is 10.6 Å². The lowest BCUT2D eigenvalue weighted by atomic mass is 9.72. The SMILES string of the molecule is CC(C)(C)[C@H]1CCc2sc(C(=O)N3CCC(Nc4cccnc4)CC3)cc2C1. The molecule has 3 heterocycles. The first-order valence-corrected chi connectivity index (χ1v) is 11.3. The standard InChI is InChI=1S/C23H31N3OS/c1-23(2,3)17-6-7-20-16(13-17)14-21(28-20)22(27)26-11-8-18(9-12-26)25-19-5-4-10-24-15-19/h4-5,10,14-15,17-18,25H,6-9,11-13H2,1-3H3/t17-/m0/s1. The van der Waals surface area contributed by atoms with Crippen molar-refractivity contribution in [2.75, 3.05) is 18.4 Å². The molecule has 0 saturated carbocycles. The molecule has 4 nitrogen and oxygen atoms in total. The minimum Gasteiger partial charge on any atom is -0.381 e. The van der Waals surface area contributed by atoms with Crippen LogP contribution in [0.25, 0.3) is 0 Å². The molecule has 1 amide bonds. The number of hydrogen-bond donors (Lipinski definition) is 1. The molecule has 1 aliphatic carbocycles. The van der Waals surface area contributed by atoms with E-state index in [9.17, 15) is 4.79 Å². The summed E-state index contributed by atoms with van der Waals surface area (Å²) in [6.45, 7) is 8.66. The van der Waals surface area contributed by atoms with Gasteiger partial charge in [-0.15, -0.1) is 11.3 Å². The van der Waals surface area contributed by atoms with Gasteiger partial charge in [-0.25, -0.2) is 0 Å². The summed E-state index contributed by atoms with van der Waals surface area (Å²) >= 11 is 1.74. The van der Waals surface area contributed by atoms with E-state index < -0.39 is 0 Å². The lowest BCUT2D eigenvalue weighted by Gasteiger charge is -2.33. The first-order valence-electron chi connectivity index (χ1n) is 10.5. The molecule has 1 N–H and O–H groups in total. The predicted octanol–water partition coefficient (Wildman–Crippen LogP) is 5.01. The van der Waals surface area contributed by atoms with Crippen molar-refractivity contribution in [3.05, 3.63) is 45.9 Å². The Bertz CT molecular complexity index is 816. The largest absolute Gasteiger partial charge is 0.381 e. The molecule has 1 saturated heterocycles.